The maximum atomic E-state index is 15.2. The predicted molar refractivity (Wildman–Crippen MR) is 178 cm³/mol. The lowest BCUT2D eigenvalue weighted by Crippen LogP contribution is -2.65. The summed E-state index contributed by atoms with van der Waals surface area (Å²) in [4.78, 5) is 55.4. The minimum atomic E-state index is -2.21. The van der Waals surface area contributed by atoms with E-state index in [1.54, 1.807) is 70.2 Å². The first-order valence-electron chi connectivity index (χ1n) is 17.3. The van der Waals surface area contributed by atoms with Crippen molar-refractivity contribution < 1.29 is 43.6 Å². The number of fused-ring (bicyclic) bond motifs is 3. The Kier molecular flexibility index (Phi) is 9.17. The summed E-state index contributed by atoms with van der Waals surface area (Å²) in [7, 11) is 0. The van der Waals surface area contributed by atoms with E-state index in [1.807, 2.05) is 41.5 Å². The number of hydrogen-bond acceptors (Lipinski definition) is 9. The van der Waals surface area contributed by atoms with Crippen LogP contribution < -0.4 is 0 Å². The van der Waals surface area contributed by atoms with Crippen LogP contribution in [0, 0.1) is 52.3 Å². The predicted octanol–water partition coefficient (Wildman–Crippen LogP) is 5.48. The fourth-order valence-corrected chi connectivity index (χ4v) is 8.81. The van der Waals surface area contributed by atoms with Crippen LogP contribution in [0.2, 0.25) is 0 Å². The lowest BCUT2D eigenvalue weighted by Gasteiger charge is -2.49. The molecule has 262 valence electrons. The molecule has 1 aromatic carbocycles. The molecule has 2 bridgehead atoms. The molecule has 11 unspecified atom stereocenters. The van der Waals surface area contributed by atoms with Gasteiger partial charge in [-0.1, -0.05) is 85.7 Å². The van der Waals surface area contributed by atoms with E-state index in [-0.39, 0.29) is 30.6 Å². The van der Waals surface area contributed by atoms with Gasteiger partial charge in [-0.3, -0.25) is 14.4 Å². The number of carbonyl (C=O) groups is 4. The topological polar surface area (TPSA) is 136 Å². The summed E-state index contributed by atoms with van der Waals surface area (Å²) in [5.74, 6) is -4.99. The van der Waals surface area contributed by atoms with Crippen molar-refractivity contribution in [3.8, 4) is 0 Å². The summed E-state index contributed by atoms with van der Waals surface area (Å²) >= 11 is 0. The average molecular weight is 665 g/mol. The van der Waals surface area contributed by atoms with Crippen LogP contribution in [0.5, 0.6) is 0 Å². The first-order valence-corrected chi connectivity index (χ1v) is 17.3. The third-order valence-electron chi connectivity index (χ3n) is 12.5. The molecule has 0 radical (unpaired) electrons. The standard InChI is InChI=1S/C39H52O9/c1-20(2)25(8)33(42)47-32-23(6)17-37-24(7)18-38(48-34(43)26(9)21(3)4)29(28(31(37)41)16-22(5)30(40)39(32,37)45)36(38,10)19-46-35(44)27-14-12-11-13-15-27/h11-17,20-21,24-26,28-30,32,40,45H,18-19H2,1-10H3. The number of carbonyl (C=O) groups excluding carboxylic acids is 4. The summed E-state index contributed by atoms with van der Waals surface area (Å²) in [5, 5.41) is 24.8. The fourth-order valence-electron chi connectivity index (χ4n) is 8.81. The van der Waals surface area contributed by atoms with Crippen molar-refractivity contribution in [2.75, 3.05) is 6.61 Å². The Morgan fingerprint density at radius 1 is 0.938 bits per heavy atom. The highest BCUT2D eigenvalue weighted by Crippen LogP contribution is 2.75. The van der Waals surface area contributed by atoms with E-state index >= 15 is 4.79 Å². The molecule has 9 heteroatoms. The quantitative estimate of drug-likeness (QED) is 0.200. The number of aliphatic hydroxyl groups is 2. The van der Waals surface area contributed by atoms with E-state index in [2.05, 4.69) is 0 Å². The SMILES string of the molecule is CC1=CC2C(=O)C3(C=C(C)C(OC(=O)C(C)C(C)C)C3(O)C1O)C(C)CC1(OC(=O)C(C)C(C)C)C2C1(C)COC(=O)c1ccccc1. The zero-order valence-corrected chi connectivity index (χ0v) is 29.9. The first kappa shape index (κ1) is 36.0. The lowest BCUT2D eigenvalue weighted by molar-refractivity contribution is -0.206. The number of hydrogen-bond donors (Lipinski definition) is 2. The van der Waals surface area contributed by atoms with Crippen LogP contribution in [0.4, 0.5) is 0 Å². The Morgan fingerprint density at radius 3 is 2.10 bits per heavy atom. The number of ketones is 1. The maximum absolute atomic E-state index is 15.2. The molecule has 2 N–H and O–H groups in total. The zero-order chi connectivity index (χ0) is 35.7. The lowest BCUT2D eigenvalue weighted by atomic mass is 9.59. The van der Waals surface area contributed by atoms with Crippen molar-refractivity contribution in [3.05, 3.63) is 59.2 Å². The van der Waals surface area contributed by atoms with Gasteiger partial charge in [0.2, 0.25) is 0 Å². The molecule has 2 fully saturated rings. The maximum Gasteiger partial charge on any atom is 0.338 e. The van der Waals surface area contributed by atoms with Gasteiger partial charge in [-0.25, -0.2) is 4.79 Å². The number of ether oxygens (including phenoxy) is 3. The van der Waals surface area contributed by atoms with Gasteiger partial charge in [0.1, 0.15) is 18.3 Å². The molecule has 1 aromatic rings. The van der Waals surface area contributed by atoms with E-state index in [0.717, 1.165) is 0 Å². The Morgan fingerprint density at radius 2 is 1.52 bits per heavy atom. The van der Waals surface area contributed by atoms with Gasteiger partial charge >= 0.3 is 17.9 Å². The molecule has 0 saturated heterocycles. The highest BCUT2D eigenvalue weighted by molar-refractivity contribution is 5.96. The van der Waals surface area contributed by atoms with Gasteiger partial charge in [-0.15, -0.1) is 0 Å². The third-order valence-corrected chi connectivity index (χ3v) is 12.5. The Balaban J connectivity index is 1.62. The number of esters is 3. The molecule has 48 heavy (non-hydrogen) atoms. The van der Waals surface area contributed by atoms with Gasteiger partial charge in [0.15, 0.2) is 17.5 Å². The van der Waals surface area contributed by atoms with Crippen LogP contribution in [-0.2, 0) is 28.6 Å². The second kappa shape index (κ2) is 12.2. The van der Waals surface area contributed by atoms with Gasteiger partial charge in [-0.05, 0) is 61.3 Å². The monoisotopic (exact) mass is 664 g/mol. The molecular formula is C39H52O9. The summed E-state index contributed by atoms with van der Waals surface area (Å²) in [6.45, 7) is 18.2. The molecule has 5 rings (SSSR count). The van der Waals surface area contributed by atoms with Crippen molar-refractivity contribution in [2.45, 2.75) is 99.1 Å². The van der Waals surface area contributed by atoms with Crippen LogP contribution in [0.1, 0.15) is 86.0 Å². The fraction of sp³-hybridized carbons (Fsp3) is 0.641. The number of benzene rings is 1. The van der Waals surface area contributed by atoms with E-state index in [4.69, 9.17) is 14.2 Å². The van der Waals surface area contributed by atoms with Crippen molar-refractivity contribution in [3.63, 3.8) is 0 Å². The summed E-state index contributed by atoms with van der Waals surface area (Å²) in [6.07, 6.45) is 0.689. The van der Waals surface area contributed by atoms with Crippen molar-refractivity contribution in [1.82, 2.24) is 0 Å². The van der Waals surface area contributed by atoms with Crippen LogP contribution >= 0.6 is 0 Å². The first-order chi connectivity index (χ1) is 22.3. The molecule has 0 amide bonds. The van der Waals surface area contributed by atoms with E-state index in [1.165, 1.54) is 0 Å². The molecule has 1 spiro atoms. The molecule has 0 heterocycles. The number of rotatable bonds is 9. The molecule has 11 atom stereocenters. The van der Waals surface area contributed by atoms with Crippen molar-refractivity contribution in [2.24, 2.45) is 52.3 Å². The number of allylic oxidation sites excluding steroid dienone is 1. The van der Waals surface area contributed by atoms with Crippen LogP contribution in [0.25, 0.3) is 0 Å². The van der Waals surface area contributed by atoms with E-state index in [9.17, 15) is 24.6 Å². The zero-order valence-electron chi connectivity index (χ0n) is 29.9. The van der Waals surface area contributed by atoms with Gasteiger partial charge in [0.05, 0.1) is 22.8 Å². The van der Waals surface area contributed by atoms with Crippen LogP contribution in [0.3, 0.4) is 0 Å². The molecule has 9 nitrogen and oxygen atoms in total. The van der Waals surface area contributed by atoms with Gasteiger partial charge < -0.3 is 24.4 Å². The Bertz CT molecular complexity index is 1540. The highest BCUT2D eigenvalue weighted by Gasteiger charge is 2.85. The van der Waals surface area contributed by atoms with Crippen LogP contribution in [0.15, 0.2) is 53.6 Å². The van der Waals surface area contributed by atoms with Gasteiger partial charge in [0, 0.05) is 17.3 Å². The van der Waals surface area contributed by atoms with E-state index < -0.39 is 81.7 Å². The molecule has 4 aliphatic rings. The minimum Gasteiger partial charge on any atom is -0.461 e. The Hall–Kier alpha value is -3.30. The molecule has 2 saturated carbocycles. The second-order valence-electron chi connectivity index (χ2n) is 15.9. The molecule has 0 aliphatic heterocycles. The van der Waals surface area contributed by atoms with Crippen LogP contribution in [-0.4, -0.2) is 63.9 Å². The molecule has 4 aliphatic carbocycles. The third kappa shape index (κ3) is 5.01. The van der Waals surface area contributed by atoms with Crippen molar-refractivity contribution >= 4 is 23.7 Å². The van der Waals surface area contributed by atoms with E-state index in [0.29, 0.717) is 16.7 Å². The van der Waals surface area contributed by atoms with Gasteiger partial charge in [-0.2, -0.15) is 0 Å². The van der Waals surface area contributed by atoms with Gasteiger partial charge in [0.25, 0.3) is 0 Å². The molecule has 0 aromatic heterocycles. The Labute approximate surface area is 284 Å². The second-order valence-corrected chi connectivity index (χ2v) is 15.9. The number of Topliss-reactive ketones (excluding diaryl/α,β-unsaturated/α-hetero) is 1. The average Bonchev–Trinajstić information content (AvgIpc) is 3.48. The highest BCUT2D eigenvalue weighted by atomic mass is 16.6. The van der Waals surface area contributed by atoms with Crippen molar-refractivity contribution in [1.29, 1.82) is 0 Å². The smallest absolute Gasteiger partial charge is 0.338 e. The summed E-state index contributed by atoms with van der Waals surface area (Å²) < 4.78 is 18.4. The normalized spacial score (nSPS) is 38.0. The molecular weight excluding hydrogens is 612 g/mol. The minimum absolute atomic E-state index is 0.00871. The summed E-state index contributed by atoms with van der Waals surface area (Å²) in [6, 6.07) is 8.60. The number of aliphatic hydroxyl groups excluding tert-OH is 1. The summed E-state index contributed by atoms with van der Waals surface area (Å²) in [5.41, 5.74) is -4.86. The largest absolute Gasteiger partial charge is 0.461 e.